The summed E-state index contributed by atoms with van der Waals surface area (Å²) in [6.45, 7) is 1.75. The van der Waals surface area contributed by atoms with E-state index in [0.717, 1.165) is 24.8 Å². The van der Waals surface area contributed by atoms with Gasteiger partial charge in [0, 0.05) is 23.9 Å². The van der Waals surface area contributed by atoms with Crippen molar-refractivity contribution in [3.05, 3.63) is 71.8 Å². The van der Waals surface area contributed by atoms with Crippen LogP contribution in [0.25, 0.3) is 11.1 Å². The molecular weight excluding hydrogens is 622 g/mol. The summed E-state index contributed by atoms with van der Waals surface area (Å²) in [7, 11) is -7.84. The first-order chi connectivity index (χ1) is 19.8. The van der Waals surface area contributed by atoms with Gasteiger partial charge in [-0.1, -0.05) is 48.8 Å². The quantitative estimate of drug-likeness (QED) is 0.0739. The molecular formula is C28H34ClN3O9S2. The lowest BCUT2D eigenvalue weighted by Gasteiger charge is -2.19. The molecule has 1 unspecified atom stereocenters. The molecule has 0 aliphatic carbocycles. The predicted octanol–water partition coefficient (Wildman–Crippen LogP) is 3.52. The number of aliphatic carboxylic acids is 1. The zero-order valence-corrected chi connectivity index (χ0v) is 25.9. The Hall–Kier alpha value is -3.85. The molecule has 3 aromatic carbocycles. The summed E-state index contributed by atoms with van der Waals surface area (Å²) in [4.78, 5) is 11.5. The molecule has 0 aromatic heterocycles. The maximum absolute atomic E-state index is 13.0. The van der Waals surface area contributed by atoms with E-state index in [4.69, 9.17) is 15.7 Å². The molecule has 0 aliphatic heterocycles. The Kier molecular flexibility index (Phi) is 12.4. The van der Waals surface area contributed by atoms with Crippen LogP contribution in [0.2, 0.25) is 0 Å². The van der Waals surface area contributed by atoms with Gasteiger partial charge in [-0.05, 0) is 60.7 Å². The van der Waals surface area contributed by atoms with Crippen molar-refractivity contribution in [1.82, 2.24) is 4.72 Å². The van der Waals surface area contributed by atoms with Crippen LogP contribution in [0.15, 0.2) is 75.6 Å². The first-order valence-electron chi connectivity index (χ1n) is 12.9. The number of amidine groups is 1. The number of hydrogen-bond donors (Lipinski definition) is 5. The van der Waals surface area contributed by atoms with Crippen LogP contribution in [-0.4, -0.2) is 63.0 Å². The molecule has 6 N–H and O–H groups in total. The number of carboxylic acids is 1. The average Bonchev–Trinajstić information content (AvgIpc) is 2.94. The lowest BCUT2D eigenvalue weighted by molar-refractivity contribution is -0.145. The van der Waals surface area contributed by atoms with Gasteiger partial charge < -0.3 is 25.9 Å². The van der Waals surface area contributed by atoms with Crippen molar-refractivity contribution in [3.63, 3.8) is 0 Å². The van der Waals surface area contributed by atoms with Gasteiger partial charge in [0.1, 0.15) is 16.4 Å². The number of phenols is 1. The lowest BCUT2D eigenvalue weighted by atomic mass is 10.0. The number of phenolic OH excluding ortho intramolecular Hbond substituents is 1. The van der Waals surface area contributed by atoms with E-state index in [1.807, 2.05) is 6.92 Å². The summed E-state index contributed by atoms with van der Waals surface area (Å²) in [5, 5.41) is 31.6. The zero-order valence-electron chi connectivity index (χ0n) is 23.4. The highest BCUT2D eigenvalue weighted by molar-refractivity contribution is 7.91. The fourth-order valence-electron chi connectivity index (χ4n) is 4.19. The van der Waals surface area contributed by atoms with Gasteiger partial charge in [0.2, 0.25) is 10.0 Å². The van der Waals surface area contributed by atoms with Gasteiger partial charge in [-0.3, -0.25) is 0 Å². The normalized spacial score (nSPS) is 12.7. The van der Waals surface area contributed by atoms with Crippen LogP contribution in [0.3, 0.4) is 0 Å². The molecule has 0 aliphatic rings. The molecule has 3 aromatic rings. The molecule has 0 bridgehead atoms. The number of ether oxygens (including phenoxy) is 1. The number of nitrogens with zero attached hydrogens (tertiary/aromatic N) is 1. The molecule has 3 rings (SSSR count). The van der Waals surface area contributed by atoms with Crippen LogP contribution in [0.1, 0.15) is 37.3 Å². The molecule has 1 atom stereocenters. The third-order valence-electron chi connectivity index (χ3n) is 6.37. The molecule has 12 nitrogen and oxygen atoms in total. The van der Waals surface area contributed by atoms with E-state index in [-0.39, 0.29) is 53.8 Å². The third-order valence-corrected chi connectivity index (χ3v) is 9.01. The molecule has 43 heavy (non-hydrogen) atoms. The topological polar surface area (TPSA) is 206 Å². The minimum absolute atomic E-state index is 0. The maximum Gasteiger partial charge on any atom is 0.344 e. The van der Waals surface area contributed by atoms with Crippen molar-refractivity contribution in [1.29, 1.82) is 0 Å². The van der Waals surface area contributed by atoms with E-state index in [1.54, 1.807) is 36.4 Å². The summed E-state index contributed by atoms with van der Waals surface area (Å²) >= 11 is 0. The predicted molar refractivity (Wildman–Crippen MR) is 163 cm³/mol. The van der Waals surface area contributed by atoms with Crippen LogP contribution in [0, 0.1) is 0 Å². The second kappa shape index (κ2) is 15.0. The zero-order chi connectivity index (χ0) is 31.1. The number of nitrogens with two attached hydrogens (primary N) is 1. The Morgan fingerprint density at radius 1 is 1.05 bits per heavy atom. The summed E-state index contributed by atoms with van der Waals surface area (Å²) < 4.78 is 59.0. The van der Waals surface area contributed by atoms with Crippen LogP contribution in [0.5, 0.6) is 11.5 Å². The molecule has 0 amide bonds. The second-order valence-electron chi connectivity index (χ2n) is 9.49. The standard InChI is InChI=1S/C28H33N3O9S2.ClH/c1-3-4-8-23(28(33)34)40-24-16-19(21-7-5-6-9-25(21)41(2,36)37)11-10-18(24)14-15-30-42(38,39)26-17-20(27(29)31-35)12-13-22(26)32;/h5-7,9-13,16-17,23,30,32,35H,3-4,8,14-15H2,1-2H3,(H2,29,31)(H,33,34);1H. The van der Waals surface area contributed by atoms with E-state index >= 15 is 0 Å². The van der Waals surface area contributed by atoms with E-state index in [0.29, 0.717) is 23.1 Å². The number of unbranched alkanes of at least 4 members (excludes halogenated alkanes) is 1. The van der Waals surface area contributed by atoms with Crippen molar-refractivity contribution in [2.45, 2.75) is 48.5 Å². The van der Waals surface area contributed by atoms with Crippen molar-refractivity contribution in [2.24, 2.45) is 10.9 Å². The van der Waals surface area contributed by atoms with Gasteiger partial charge in [-0.2, -0.15) is 0 Å². The molecule has 0 radical (unpaired) electrons. The Morgan fingerprint density at radius 2 is 1.74 bits per heavy atom. The fourth-order valence-corrected chi connectivity index (χ4v) is 6.25. The van der Waals surface area contributed by atoms with Crippen LogP contribution < -0.4 is 15.2 Å². The lowest BCUT2D eigenvalue weighted by Crippen LogP contribution is -2.28. The molecule has 0 fully saturated rings. The molecule has 234 valence electrons. The smallest absolute Gasteiger partial charge is 0.344 e. The van der Waals surface area contributed by atoms with Gasteiger partial charge >= 0.3 is 5.97 Å². The number of sulfonamides is 1. The third kappa shape index (κ3) is 9.07. The number of halogens is 1. The minimum Gasteiger partial charge on any atom is -0.507 e. The summed E-state index contributed by atoms with van der Waals surface area (Å²) in [6.07, 6.45) is 1.54. The molecule has 0 spiro atoms. The highest BCUT2D eigenvalue weighted by Gasteiger charge is 2.23. The van der Waals surface area contributed by atoms with E-state index in [9.17, 15) is 31.8 Å². The highest BCUT2D eigenvalue weighted by Crippen LogP contribution is 2.33. The molecule has 15 heteroatoms. The number of rotatable bonds is 14. The molecule has 0 saturated carbocycles. The summed E-state index contributed by atoms with van der Waals surface area (Å²) in [5.41, 5.74) is 6.96. The number of benzene rings is 3. The Balaban J connectivity index is 0.00000645. The van der Waals surface area contributed by atoms with Crippen LogP contribution in [-0.2, 0) is 31.1 Å². The number of oxime groups is 1. The number of sulfone groups is 1. The highest BCUT2D eigenvalue weighted by atomic mass is 35.5. The first kappa shape index (κ1) is 35.3. The van der Waals surface area contributed by atoms with Gasteiger partial charge in [0.05, 0.1) is 4.90 Å². The summed E-state index contributed by atoms with van der Waals surface area (Å²) in [6, 6.07) is 14.6. The van der Waals surface area contributed by atoms with E-state index < -0.39 is 42.6 Å². The van der Waals surface area contributed by atoms with Gasteiger partial charge in [0.15, 0.2) is 21.8 Å². The number of carboxylic acid groups (broad SMARTS) is 1. The Labute approximate surface area is 256 Å². The van der Waals surface area contributed by atoms with Crippen molar-refractivity contribution in [2.75, 3.05) is 12.8 Å². The van der Waals surface area contributed by atoms with Gasteiger partial charge in [0.25, 0.3) is 0 Å². The van der Waals surface area contributed by atoms with Crippen LogP contribution >= 0.6 is 12.4 Å². The largest absolute Gasteiger partial charge is 0.507 e. The molecule has 0 heterocycles. The van der Waals surface area contributed by atoms with E-state index in [1.165, 1.54) is 12.1 Å². The summed E-state index contributed by atoms with van der Waals surface area (Å²) in [5.74, 6) is -1.90. The van der Waals surface area contributed by atoms with Crippen LogP contribution in [0.4, 0.5) is 0 Å². The van der Waals surface area contributed by atoms with Crippen molar-refractivity contribution in [3.8, 4) is 22.6 Å². The van der Waals surface area contributed by atoms with Gasteiger partial charge in [-0.25, -0.2) is 26.4 Å². The number of aromatic hydroxyl groups is 1. The first-order valence-corrected chi connectivity index (χ1v) is 16.3. The number of nitrogens with one attached hydrogen (secondary N) is 1. The fraction of sp³-hybridized carbons (Fsp3) is 0.286. The minimum atomic E-state index is -4.25. The Bertz CT molecular complexity index is 1700. The van der Waals surface area contributed by atoms with Gasteiger partial charge in [-0.15, -0.1) is 12.4 Å². The maximum atomic E-state index is 13.0. The molecule has 0 saturated heterocycles. The van der Waals surface area contributed by atoms with Crippen molar-refractivity contribution < 1.29 is 41.8 Å². The monoisotopic (exact) mass is 655 g/mol. The average molecular weight is 656 g/mol. The SMILES string of the molecule is CCCCC(Oc1cc(-c2ccccc2S(C)(=O)=O)ccc1CCNS(=O)(=O)c1cc(C(N)=NO)ccc1O)C(=O)O.Cl. The van der Waals surface area contributed by atoms with Crippen molar-refractivity contribution >= 4 is 44.1 Å². The second-order valence-corrected chi connectivity index (χ2v) is 13.2. The van der Waals surface area contributed by atoms with E-state index in [2.05, 4.69) is 9.88 Å². The number of carbonyl (C=O) groups is 1. The Morgan fingerprint density at radius 3 is 2.37 bits per heavy atom. The number of hydrogen-bond acceptors (Lipinski definition) is 9.